The molecule has 8 heteroatoms. The molecule has 0 aliphatic carbocycles. The van der Waals surface area contributed by atoms with E-state index in [1.54, 1.807) is 12.1 Å². The van der Waals surface area contributed by atoms with Crippen molar-refractivity contribution in [3.63, 3.8) is 0 Å². The molecule has 2 N–H and O–H groups in total. The maximum Gasteiger partial charge on any atom is 0.291 e. The molecule has 0 radical (unpaired) electrons. The van der Waals surface area contributed by atoms with Gasteiger partial charge in [0.15, 0.2) is 11.6 Å². The van der Waals surface area contributed by atoms with Gasteiger partial charge in [0.2, 0.25) is 0 Å². The number of nitrogens with one attached hydrogen (secondary N) is 1. The second-order valence-corrected chi connectivity index (χ2v) is 5.17. The smallest absolute Gasteiger partial charge is 0.291 e. The van der Waals surface area contributed by atoms with Crippen LogP contribution in [0.5, 0.6) is 5.75 Å². The van der Waals surface area contributed by atoms with Crippen molar-refractivity contribution in [3.8, 4) is 5.75 Å². The zero-order valence-corrected chi connectivity index (χ0v) is 12.9. The molecular weight excluding hydrogens is 300 g/mol. The first-order valence-electron chi connectivity index (χ1n) is 6.72. The standard InChI is InChI=1S/C15H16N4O4/c1-9-6-10(4-5-12(9)18(2)3)15(21)17-14-13(20)7-11(8-16-14)19(22)23/h4-8,20H,1-3H3,(H,16,17,21). The summed E-state index contributed by atoms with van der Waals surface area (Å²) in [4.78, 5) is 27.8. The average Bonchev–Trinajstić information content (AvgIpc) is 2.48. The van der Waals surface area contributed by atoms with Crippen molar-refractivity contribution in [2.24, 2.45) is 0 Å². The van der Waals surface area contributed by atoms with Gasteiger partial charge in [-0.1, -0.05) is 0 Å². The molecule has 1 aromatic heterocycles. The number of nitro groups is 1. The number of benzene rings is 1. The zero-order valence-electron chi connectivity index (χ0n) is 12.9. The lowest BCUT2D eigenvalue weighted by Crippen LogP contribution is -2.15. The molecule has 1 aromatic carbocycles. The highest BCUT2D eigenvalue weighted by Gasteiger charge is 2.15. The van der Waals surface area contributed by atoms with E-state index in [0.717, 1.165) is 23.5 Å². The molecule has 1 heterocycles. The molecule has 1 amide bonds. The van der Waals surface area contributed by atoms with Crippen LogP contribution in [0.3, 0.4) is 0 Å². The number of nitrogens with zero attached hydrogens (tertiary/aromatic N) is 3. The Morgan fingerprint density at radius 2 is 2.04 bits per heavy atom. The molecule has 0 fully saturated rings. The van der Waals surface area contributed by atoms with E-state index in [0.29, 0.717) is 5.56 Å². The summed E-state index contributed by atoms with van der Waals surface area (Å²) in [6.07, 6.45) is 0.968. The molecule has 0 spiro atoms. The highest BCUT2D eigenvalue weighted by molar-refractivity contribution is 6.04. The summed E-state index contributed by atoms with van der Waals surface area (Å²) in [5, 5.41) is 22.7. The number of carbonyl (C=O) groups is 1. The average molecular weight is 316 g/mol. The highest BCUT2D eigenvalue weighted by atomic mass is 16.6. The Kier molecular flexibility index (Phi) is 4.44. The molecule has 120 valence electrons. The van der Waals surface area contributed by atoms with E-state index in [9.17, 15) is 20.0 Å². The minimum atomic E-state index is -0.679. The van der Waals surface area contributed by atoms with E-state index in [1.807, 2.05) is 32.0 Å². The van der Waals surface area contributed by atoms with Crippen molar-refractivity contribution in [3.05, 3.63) is 51.7 Å². The Morgan fingerprint density at radius 1 is 1.35 bits per heavy atom. The lowest BCUT2D eigenvalue weighted by atomic mass is 10.1. The molecule has 0 unspecified atom stereocenters. The van der Waals surface area contributed by atoms with Crippen molar-refractivity contribution in [1.29, 1.82) is 0 Å². The van der Waals surface area contributed by atoms with Crippen molar-refractivity contribution in [1.82, 2.24) is 4.98 Å². The molecule has 0 saturated carbocycles. The number of aromatic hydroxyl groups is 1. The fourth-order valence-electron chi connectivity index (χ4n) is 2.12. The molecule has 0 aliphatic heterocycles. The fourth-order valence-corrected chi connectivity index (χ4v) is 2.12. The topological polar surface area (TPSA) is 109 Å². The van der Waals surface area contributed by atoms with E-state index >= 15 is 0 Å². The SMILES string of the molecule is Cc1cc(C(=O)Nc2ncc([N+](=O)[O-])cc2O)ccc1N(C)C. The lowest BCUT2D eigenvalue weighted by Gasteiger charge is -2.16. The van der Waals surface area contributed by atoms with Crippen molar-refractivity contribution in [2.45, 2.75) is 6.92 Å². The number of aromatic nitrogens is 1. The molecule has 0 aliphatic rings. The van der Waals surface area contributed by atoms with Gasteiger partial charge in [0.1, 0.15) is 6.20 Å². The monoisotopic (exact) mass is 316 g/mol. The molecule has 0 atom stereocenters. The van der Waals surface area contributed by atoms with Crippen LogP contribution in [0.2, 0.25) is 0 Å². The van der Waals surface area contributed by atoms with Crippen LogP contribution in [0.1, 0.15) is 15.9 Å². The second-order valence-electron chi connectivity index (χ2n) is 5.17. The number of aryl methyl sites for hydroxylation is 1. The third-order valence-corrected chi connectivity index (χ3v) is 3.24. The van der Waals surface area contributed by atoms with Gasteiger partial charge in [-0.15, -0.1) is 0 Å². The number of amides is 1. The van der Waals surface area contributed by atoms with Crippen LogP contribution in [-0.2, 0) is 0 Å². The third kappa shape index (κ3) is 3.54. The van der Waals surface area contributed by atoms with Crippen LogP contribution < -0.4 is 10.2 Å². The third-order valence-electron chi connectivity index (χ3n) is 3.24. The molecule has 2 aromatic rings. The van der Waals surface area contributed by atoms with Crippen LogP contribution in [0, 0.1) is 17.0 Å². The summed E-state index contributed by atoms with van der Waals surface area (Å²) in [5.74, 6) is -1.06. The minimum absolute atomic E-state index is 0.130. The Labute approximate surface area is 132 Å². The van der Waals surface area contributed by atoms with Gasteiger partial charge in [0, 0.05) is 25.3 Å². The number of hydrogen-bond donors (Lipinski definition) is 2. The predicted octanol–water partition coefficient (Wildman–Crippen LogP) is 2.32. The van der Waals surface area contributed by atoms with Gasteiger partial charge < -0.3 is 15.3 Å². The number of pyridine rings is 1. The van der Waals surface area contributed by atoms with Crippen molar-refractivity contribution < 1.29 is 14.8 Å². The summed E-state index contributed by atoms with van der Waals surface area (Å²) in [6, 6.07) is 6.11. The minimum Gasteiger partial charge on any atom is -0.504 e. The van der Waals surface area contributed by atoms with Gasteiger partial charge in [0.05, 0.1) is 11.0 Å². The summed E-state index contributed by atoms with van der Waals surface area (Å²) in [6.45, 7) is 1.88. The first kappa shape index (κ1) is 16.2. The molecule has 8 nitrogen and oxygen atoms in total. The predicted molar refractivity (Wildman–Crippen MR) is 86.0 cm³/mol. The normalized spacial score (nSPS) is 10.2. The fraction of sp³-hybridized carbons (Fsp3) is 0.200. The van der Waals surface area contributed by atoms with E-state index in [-0.39, 0.29) is 11.5 Å². The van der Waals surface area contributed by atoms with E-state index in [1.165, 1.54) is 0 Å². The summed E-state index contributed by atoms with van der Waals surface area (Å²) < 4.78 is 0. The largest absolute Gasteiger partial charge is 0.504 e. The number of anilines is 2. The second kappa shape index (κ2) is 6.30. The van der Waals surface area contributed by atoms with Crippen LogP contribution in [0.15, 0.2) is 30.5 Å². The highest BCUT2D eigenvalue weighted by Crippen LogP contribution is 2.26. The van der Waals surface area contributed by atoms with Gasteiger partial charge in [-0.05, 0) is 30.7 Å². The Morgan fingerprint density at radius 3 is 2.57 bits per heavy atom. The Hall–Kier alpha value is -3.16. The lowest BCUT2D eigenvalue weighted by molar-refractivity contribution is -0.385. The van der Waals surface area contributed by atoms with E-state index in [2.05, 4.69) is 10.3 Å². The first-order chi connectivity index (χ1) is 10.8. The van der Waals surface area contributed by atoms with Crippen LogP contribution >= 0.6 is 0 Å². The molecule has 0 bridgehead atoms. The van der Waals surface area contributed by atoms with Crippen LogP contribution in [0.4, 0.5) is 17.2 Å². The molecular formula is C15H16N4O4. The Bertz CT molecular complexity index is 774. The van der Waals surface area contributed by atoms with E-state index < -0.39 is 16.6 Å². The number of hydrogen-bond acceptors (Lipinski definition) is 6. The van der Waals surface area contributed by atoms with Gasteiger partial charge in [-0.2, -0.15) is 0 Å². The first-order valence-corrected chi connectivity index (χ1v) is 6.72. The van der Waals surface area contributed by atoms with Crippen molar-refractivity contribution in [2.75, 3.05) is 24.3 Å². The van der Waals surface area contributed by atoms with Gasteiger partial charge in [-0.25, -0.2) is 4.98 Å². The van der Waals surface area contributed by atoms with Crippen molar-refractivity contribution >= 4 is 23.1 Å². The van der Waals surface area contributed by atoms with Gasteiger partial charge in [-0.3, -0.25) is 14.9 Å². The molecule has 23 heavy (non-hydrogen) atoms. The van der Waals surface area contributed by atoms with Gasteiger partial charge in [0.25, 0.3) is 11.6 Å². The number of rotatable bonds is 4. The number of carbonyl (C=O) groups excluding carboxylic acids is 1. The van der Waals surface area contributed by atoms with E-state index in [4.69, 9.17) is 0 Å². The van der Waals surface area contributed by atoms with Crippen LogP contribution in [-0.4, -0.2) is 35.0 Å². The molecule has 0 saturated heterocycles. The quantitative estimate of drug-likeness (QED) is 0.662. The maximum absolute atomic E-state index is 12.2. The van der Waals surface area contributed by atoms with Gasteiger partial charge >= 0.3 is 0 Å². The summed E-state index contributed by atoms with van der Waals surface area (Å²) in [7, 11) is 3.81. The van der Waals surface area contributed by atoms with Crippen LogP contribution in [0.25, 0.3) is 0 Å². The Balaban J connectivity index is 2.22. The maximum atomic E-state index is 12.2. The summed E-state index contributed by atoms with van der Waals surface area (Å²) >= 11 is 0. The molecule has 2 rings (SSSR count). The zero-order chi connectivity index (χ0) is 17.1. The summed E-state index contributed by atoms with van der Waals surface area (Å²) in [5.41, 5.74) is 1.95.